The molecule has 3 heterocycles. The van der Waals surface area contributed by atoms with E-state index in [0.717, 1.165) is 18.5 Å². The fourth-order valence-corrected chi connectivity index (χ4v) is 5.84. The molecule has 12 heteroatoms. The van der Waals surface area contributed by atoms with Crippen molar-refractivity contribution in [2.24, 2.45) is 0 Å². The number of piperazine rings is 2. The van der Waals surface area contributed by atoms with Gasteiger partial charge in [0, 0.05) is 58.9 Å². The zero-order valence-electron chi connectivity index (χ0n) is 29.8. The maximum Gasteiger partial charge on any atom is 0.410 e. The summed E-state index contributed by atoms with van der Waals surface area (Å²) in [6, 6.07) is 9.71. The molecule has 0 atom stereocenters. The predicted octanol–water partition coefficient (Wildman–Crippen LogP) is 6.72. The Labute approximate surface area is 287 Å². The quantitative estimate of drug-likeness (QED) is 0.194. The van der Waals surface area contributed by atoms with E-state index in [9.17, 15) is 9.59 Å². The Hall–Kier alpha value is -3.83. The highest BCUT2D eigenvalue weighted by Gasteiger charge is 2.29. The van der Waals surface area contributed by atoms with Gasteiger partial charge in [-0.15, -0.1) is 0 Å². The van der Waals surface area contributed by atoms with E-state index in [1.165, 1.54) is 57.8 Å². The number of hydrogen-bond acceptors (Lipinski definition) is 10. The molecule has 0 radical (unpaired) electrons. The van der Waals surface area contributed by atoms with Gasteiger partial charge in [-0.3, -0.25) is 0 Å². The van der Waals surface area contributed by atoms with Crippen LogP contribution in [0.3, 0.4) is 0 Å². The molecular formula is C36H58N8O4. The van der Waals surface area contributed by atoms with Crippen LogP contribution >= 0.6 is 0 Å². The van der Waals surface area contributed by atoms with Crippen molar-refractivity contribution in [1.29, 1.82) is 0 Å². The number of aromatic nitrogens is 3. The molecule has 2 amide bonds. The maximum atomic E-state index is 12.8. The lowest BCUT2D eigenvalue weighted by atomic mass is 10.1. The number of anilines is 3. The maximum absolute atomic E-state index is 12.8. The summed E-state index contributed by atoms with van der Waals surface area (Å²) >= 11 is 0. The minimum atomic E-state index is -0.533. The van der Waals surface area contributed by atoms with Crippen LogP contribution in [0.15, 0.2) is 30.3 Å². The van der Waals surface area contributed by atoms with Gasteiger partial charge in [0.2, 0.25) is 17.8 Å². The Kier molecular flexibility index (Phi) is 14.8. The predicted molar refractivity (Wildman–Crippen MR) is 191 cm³/mol. The molecule has 0 saturated carbocycles. The number of carbonyl (C=O) groups is 2. The lowest BCUT2D eigenvalue weighted by Crippen LogP contribution is -2.51. The Morgan fingerprint density at radius 2 is 1.19 bits per heavy atom. The van der Waals surface area contributed by atoms with Gasteiger partial charge in [-0.1, -0.05) is 95.0 Å². The molecule has 4 rings (SSSR count). The number of rotatable bonds is 16. The van der Waals surface area contributed by atoms with Crippen LogP contribution in [0.4, 0.5) is 27.4 Å². The molecule has 0 unspecified atom stereocenters. The van der Waals surface area contributed by atoms with Crippen molar-refractivity contribution < 1.29 is 19.1 Å². The van der Waals surface area contributed by atoms with Crippen molar-refractivity contribution in [3.8, 4) is 0 Å². The summed E-state index contributed by atoms with van der Waals surface area (Å²) in [5, 5.41) is 3.46. The van der Waals surface area contributed by atoms with Crippen molar-refractivity contribution in [1.82, 2.24) is 24.8 Å². The highest BCUT2D eigenvalue weighted by molar-refractivity contribution is 5.69. The highest BCUT2D eigenvalue weighted by Crippen LogP contribution is 2.21. The van der Waals surface area contributed by atoms with Crippen LogP contribution in [0.1, 0.15) is 97.5 Å². The first-order valence-corrected chi connectivity index (χ1v) is 18.2. The third-order valence-corrected chi connectivity index (χ3v) is 8.67. The number of nitrogens with zero attached hydrogens (tertiary/aromatic N) is 7. The molecule has 2 aliphatic heterocycles. The smallest absolute Gasteiger partial charge is 0.410 e. The SMILES string of the molecule is CCCCCCCCCCCCNc1nc(N2CCN(C(=O)OCc3ccccc3)CC2)nc(N2CCN(C(=O)OC(C)(C)C)CC2)n1. The largest absolute Gasteiger partial charge is 0.445 e. The van der Waals surface area contributed by atoms with Gasteiger partial charge in [-0.05, 0) is 32.8 Å². The van der Waals surface area contributed by atoms with Crippen LogP contribution in [0.25, 0.3) is 0 Å². The molecule has 1 aromatic heterocycles. The lowest BCUT2D eigenvalue weighted by Gasteiger charge is -2.36. The molecule has 1 aromatic carbocycles. The van der Waals surface area contributed by atoms with E-state index in [2.05, 4.69) is 22.0 Å². The molecule has 0 aliphatic carbocycles. The number of carbonyl (C=O) groups excluding carboxylic acids is 2. The second-order valence-corrected chi connectivity index (χ2v) is 13.8. The fourth-order valence-electron chi connectivity index (χ4n) is 5.84. The van der Waals surface area contributed by atoms with Crippen molar-refractivity contribution in [2.45, 2.75) is 104 Å². The number of nitrogens with one attached hydrogen (secondary N) is 1. The molecular weight excluding hydrogens is 608 g/mol. The van der Waals surface area contributed by atoms with E-state index < -0.39 is 5.60 Å². The average Bonchev–Trinajstić information content (AvgIpc) is 3.09. The number of hydrogen-bond donors (Lipinski definition) is 1. The molecule has 2 aliphatic rings. The van der Waals surface area contributed by atoms with Crippen LogP contribution in [-0.2, 0) is 16.1 Å². The monoisotopic (exact) mass is 666 g/mol. The van der Waals surface area contributed by atoms with E-state index in [1.54, 1.807) is 9.80 Å². The van der Waals surface area contributed by atoms with Crippen LogP contribution in [0.2, 0.25) is 0 Å². The standard InChI is InChI=1S/C36H58N8O4/c1-5-6-7-8-9-10-11-12-13-17-20-37-31-38-32(40-33(39-31)42-23-27-44(28-24-42)35(46)48-36(2,3)4)41-21-25-43(26-22-41)34(45)47-29-30-18-15-14-16-19-30/h14-16,18-19H,5-13,17,20-29H2,1-4H3,(H,37,38,39,40). The van der Waals surface area contributed by atoms with Crippen molar-refractivity contribution in [2.75, 3.05) is 74.0 Å². The van der Waals surface area contributed by atoms with Gasteiger partial charge in [-0.2, -0.15) is 15.0 Å². The van der Waals surface area contributed by atoms with Gasteiger partial charge in [-0.25, -0.2) is 9.59 Å². The van der Waals surface area contributed by atoms with Gasteiger partial charge in [0.25, 0.3) is 0 Å². The zero-order chi connectivity index (χ0) is 34.2. The minimum absolute atomic E-state index is 0.256. The van der Waals surface area contributed by atoms with Crippen LogP contribution in [0, 0.1) is 0 Å². The minimum Gasteiger partial charge on any atom is -0.445 e. The molecule has 2 fully saturated rings. The van der Waals surface area contributed by atoms with Gasteiger partial charge in [0.15, 0.2) is 0 Å². The molecule has 0 bridgehead atoms. The highest BCUT2D eigenvalue weighted by atomic mass is 16.6. The second kappa shape index (κ2) is 19.2. The molecule has 48 heavy (non-hydrogen) atoms. The van der Waals surface area contributed by atoms with Gasteiger partial charge >= 0.3 is 12.2 Å². The first kappa shape index (κ1) is 37.0. The van der Waals surface area contributed by atoms with Crippen molar-refractivity contribution in [3.63, 3.8) is 0 Å². The molecule has 2 saturated heterocycles. The second-order valence-electron chi connectivity index (χ2n) is 13.8. The van der Waals surface area contributed by atoms with Crippen molar-refractivity contribution in [3.05, 3.63) is 35.9 Å². The number of benzene rings is 1. The third kappa shape index (κ3) is 12.6. The average molecular weight is 667 g/mol. The third-order valence-electron chi connectivity index (χ3n) is 8.67. The van der Waals surface area contributed by atoms with E-state index in [4.69, 9.17) is 24.4 Å². The summed E-state index contributed by atoms with van der Waals surface area (Å²) in [4.78, 5) is 47.6. The first-order valence-electron chi connectivity index (χ1n) is 18.2. The Balaban J connectivity index is 1.31. The van der Waals surface area contributed by atoms with Crippen LogP contribution in [-0.4, -0.2) is 101 Å². The summed E-state index contributed by atoms with van der Waals surface area (Å²) in [6.07, 6.45) is 12.3. The number of amides is 2. The Bertz CT molecular complexity index is 1240. The first-order chi connectivity index (χ1) is 23.2. The molecule has 2 aromatic rings. The van der Waals surface area contributed by atoms with Gasteiger partial charge < -0.3 is 34.4 Å². The zero-order valence-corrected chi connectivity index (χ0v) is 29.8. The Morgan fingerprint density at radius 3 is 1.71 bits per heavy atom. The van der Waals surface area contributed by atoms with Crippen molar-refractivity contribution >= 4 is 30.0 Å². The van der Waals surface area contributed by atoms with Gasteiger partial charge in [0.1, 0.15) is 12.2 Å². The Morgan fingerprint density at radius 1 is 0.688 bits per heavy atom. The summed E-state index contributed by atoms with van der Waals surface area (Å²) in [6.45, 7) is 13.4. The molecule has 0 spiro atoms. The number of unbranched alkanes of at least 4 members (excludes halogenated alkanes) is 9. The molecule has 1 N–H and O–H groups in total. The topological polar surface area (TPSA) is 116 Å². The van der Waals surface area contributed by atoms with Gasteiger partial charge in [0.05, 0.1) is 0 Å². The molecule has 266 valence electrons. The summed E-state index contributed by atoms with van der Waals surface area (Å²) in [7, 11) is 0. The van der Waals surface area contributed by atoms with E-state index in [0.29, 0.717) is 70.2 Å². The number of ether oxygens (including phenoxy) is 2. The normalized spacial score (nSPS) is 15.4. The fraction of sp³-hybridized carbons (Fsp3) is 0.694. The van der Waals surface area contributed by atoms with Crippen LogP contribution in [0.5, 0.6) is 0 Å². The summed E-state index contributed by atoms with van der Waals surface area (Å²) < 4.78 is 11.1. The van der Waals surface area contributed by atoms with E-state index in [1.807, 2.05) is 51.1 Å². The lowest BCUT2D eigenvalue weighted by molar-refractivity contribution is 0.0240. The molecule has 12 nitrogen and oxygen atoms in total. The van der Waals surface area contributed by atoms with E-state index >= 15 is 0 Å². The summed E-state index contributed by atoms with van der Waals surface area (Å²) in [5.41, 5.74) is 0.432. The van der Waals surface area contributed by atoms with E-state index in [-0.39, 0.29) is 18.8 Å². The summed E-state index contributed by atoms with van der Waals surface area (Å²) in [5.74, 6) is 1.75. The van der Waals surface area contributed by atoms with Crippen LogP contribution < -0.4 is 15.1 Å².